The van der Waals surface area contributed by atoms with Crippen LogP contribution in [0.15, 0.2) is 67.0 Å². The molecule has 1 amide bonds. The van der Waals surface area contributed by atoms with Gasteiger partial charge in [0.25, 0.3) is 0 Å². The fourth-order valence-electron chi connectivity index (χ4n) is 2.42. The number of anilines is 1. The molecule has 0 saturated carbocycles. The van der Waals surface area contributed by atoms with Gasteiger partial charge in [-0.3, -0.25) is 4.79 Å². The maximum Gasteiger partial charge on any atom is 0.224 e. The van der Waals surface area contributed by atoms with Crippen molar-refractivity contribution in [2.45, 2.75) is 12.8 Å². The Morgan fingerprint density at radius 3 is 2.71 bits per heavy atom. The zero-order valence-corrected chi connectivity index (χ0v) is 13.5. The number of nitrogens with one attached hydrogen (secondary N) is 1. The zero-order chi connectivity index (χ0) is 16.8. The van der Waals surface area contributed by atoms with Crippen LogP contribution >= 0.6 is 0 Å². The number of benzene rings is 2. The first-order valence-electron chi connectivity index (χ1n) is 7.77. The van der Waals surface area contributed by atoms with Crippen LogP contribution in [0.4, 0.5) is 5.69 Å². The number of rotatable bonds is 6. The number of hydrogen-bond acceptors (Lipinski definition) is 3. The summed E-state index contributed by atoms with van der Waals surface area (Å²) in [6.45, 7) is 0. The summed E-state index contributed by atoms with van der Waals surface area (Å²) in [5.74, 6) is 0.807. The van der Waals surface area contributed by atoms with Gasteiger partial charge in [0.05, 0.1) is 12.8 Å². The van der Waals surface area contributed by atoms with Crippen molar-refractivity contribution >= 4 is 11.6 Å². The van der Waals surface area contributed by atoms with E-state index in [-0.39, 0.29) is 5.91 Å². The summed E-state index contributed by atoms with van der Waals surface area (Å²) >= 11 is 0. The molecule has 0 spiro atoms. The van der Waals surface area contributed by atoms with Gasteiger partial charge in [0.2, 0.25) is 5.91 Å². The molecule has 3 rings (SSSR count). The van der Waals surface area contributed by atoms with E-state index in [2.05, 4.69) is 10.4 Å². The lowest BCUT2D eigenvalue weighted by Gasteiger charge is -2.08. The second-order valence-corrected chi connectivity index (χ2v) is 5.40. The van der Waals surface area contributed by atoms with Crippen LogP contribution < -0.4 is 10.1 Å². The van der Waals surface area contributed by atoms with Gasteiger partial charge in [-0.05, 0) is 48.4 Å². The minimum Gasteiger partial charge on any atom is -0.497 e. The number of nitrogens with zero attached hydrogens (tertiary/aromatic N) is 2. The summed E-state index contributed by atoms with van der Waals surface area (Å²) in [5, 5.41) is 7.12. The van der Waals surface area contributed by atoms with Gasteiger partial charge in [-0.2, -0.15) is 5.10 Å². The van der Waals surface area contributed by atoms with E-state index in [1.165, 1.54) is 0 Å². The quantitative estimate of drug-likeness (QED) is 0.756. The van der Waals surface area contributed by atoms with Crippen molar-refractivity contribution in [2.75, 3.05) is 12.4 Å². The molecular weight excluding hydrogens is 302 g/mol. The van der Waals surface area contributed by atoms with E-state index >= 15 is 0 Å². The molecule has 0 unspecified atom stereocenters. The molecule has 5 nitrogen and oxygen atoms in total. The number of amides is 1. The molecule has 0 fully saturated rings. The van der Waals surface area contributed by atoms with Crippen LogP contribution in [-0.4, -0.2) is 22.8 Å². The second kappa shape index (κ2) is 7.46. The summed E-state index contributed by atoms with van der Waals surface area (Å²) in [6, 6.07) is 17.2. The van der Waals surface area contributed by atoms with Crippen molar-refractivity contribution in [1.29, 1.82) is 0 Å². The van der Waals surface area contributed by atoms with Crippen molar-refractivity contribution in [2.24, 2.45) is 0 Å². The lowest BCUT2D eigenvalue weighted by atomic mass is 10.1. The molecule has 122 valence electrons. The van der Waals surface area contributed by atoms with Crippen LogP contribution in [0.25, 0.3) is 5.69 Å². The number of ether oxygens (including phenoxy) is 1. The normalized spacial score (nSPS) is 10.4. The predicted molar refractivity (Wildman–Crippen MR) is 93.5 cm³/mol. The molecule has 0 radical (unpaired) electrons. The molecule has 0 atom stereocenters. The molecule has 24 heavy (non-hydrogen) atoms. The van der Waals surface area contributed by atoms with Gasteiger partial charge in [-0.25, -0.2) is 4.68 Å². The summed E-state index contributed by atoms with van der Waals surface area (Å²) in [5.41, 5.74) is 2.78. The highest BCUT2D eigenvalue weighted by Crippen LogP contribution is 2.15. The van der Waals surface area contributed by atoms with Crippen LogP contribution in [0.3, 0.4) is 0 Å². The summed E-state index contributed by atoms with van der Waals surface area (Å²) in [4.78, 5) is 12.1. The average molecular weight is 321 g/mol. The van der Waals surface area contributed by atoms with Gasteiger partial charge < -0.3 is 10.1 Å². The maximum atomic E-state index is 12.1. The molecule has 3 aromatic rings. The number of aromatic nitrogens is 2. The molecule has 1 N–H and O–H groups in total. The molecule has 1 heterocycles. The molecule has 2 aromatic carbocycles. The monoisotopic (exact) mass is 321 g/mol. The highest BCUT2D eigenvalue weighted by molar-refractivity contribution is 5.91. The van der Waals surface area contributed by atoms with Crippen molar-refractivity contribution in [3.63, 3.8) is 0 Å². The maximum absolute atomic E-state index is 12.1. The number of carbonyl (C=O) groups excluding carboxylic acids is 1. The Bertz CT molecular complexity index is 796. The summed E-state index contributed by atoms with van der Waals surface area (Å²) in [7, 11) is 1.64. The first-order chi connectivity index (χ1) is 11.7. The number of aryl methyl sites for hydroxylation is 1. The van der Waals surface area contributed by atoms with E-state index in [0.29, 0.717) is 12.8 Å². The fraction of sp³-hybridized carbons (Fsp3) is 0.158. The van der Waals surface area contributed by atoms with Crippen LogP contribution in [0, 0.1) is 0 Å². The molecular formula is C19H19N3O2. The third-order valence-corrected chi connectivity index (χ3v) is 3.70. The van der Waals surface area contributed by atoms with Crippen molar-refractivity contribution in [1.82, 2.24) is 9.78 Å². The lowest BCUT2D eigenvalue weighted by Crippen LogP contribution is -2.12. The second-order valence-electron chi connectivity index (χ2n) is 5.40. The van der Waals surface area contributed by atoms with Gasteiger partial charge in [0.15, 0.2) is 0 Å². The fourth-order valence-corrected chi connectivity index (χ4v) is 2.42. The molecule has 0 aliphatic carbocycles. The Balaban J connectivity index is 1.57. The minimum absolute atomic E-state index is 0.0107. The summed E-state index contributed by atoms with van der Waals surface area (Å²) in [6.07, 6.45) is 4.71. The topological polar surface area (TPSA) is 56.1 Å². The van der Waals surface area contributed by atoms with E-state index < -0.39 is 0 Å². The van der Waals surface area contributed by atoms with Crippen LogP contribution in [0.2, 0.25) is 0 Å². The van der Waals surface area contributed by atoms with Crippen LogP contribution in [-0.2, 0) is 11.2 Å². The average Bonchev–Trinajstić information content (AvgIpc) is 3.15. The number of hydrogen-bond donors (Lipinski definition) is 1. The van der Waals surface area contributed by atoms with Gasteiger partial charge in [-0.15, -0.1) is 0 Å². The highest BCUT2D eigenvalue weighted by atomic mass is 16.5. The van der Waals surface area contributed by atoms with E-state index in [9.17, 15) is 4.79 Å². The Morgan fingerprint density at radius 1 is 1.17 bits per heavy atom. The predicted octanol–water partition coefficient (Wildman–Crippen LogP) is 3.45. The van der Waals surface area contributed by atoms with E-state index in [0.717, 1.165) is 22.7 Å². The van der Waals surface area contributed by atoms with Gasteiger partial charge >= 0.3 is 0 Å². The largest absolute Gasteiger partial charge is 0.497 e. The molecule has 0 saturated heterocycles. The zero-order valence-electron chi connectivity index (χ0n) is 13.5. The van der Waals surface area contributed by atoms with Crippen molar-refractivity contribution in [3.05, 3.63) is 72.6 Å². The first kappa shape index (κ1) is 15.8. The summed E-state index contributed by atoms with van der Waals surface area (Å²) < 4.78 is 6.89. The third-order valence-electron chi connectivity index (χ3n) is 3.70. The van der Waals surface area contributed by atoms with Gasteiger partial charge in [0, 0.05) is 24.5 Å². The van der Waals surface area contributed by atoms with Gasteiger partial charge in [0.1, 0.15) is 5.75 Å². The molecule has 1 aromatic heterocycles. The number of carbonyl (C=O) groups is 1. The third kappa shape index (κ3) is 4.01. The molecule has 5 heteroatoms. The Morgan fingerprint density at radius 2 is 2.00 bits per heavy atom. The first-order valence-corrected chi connectivity index (χ1v) is 7.77. The van der Waals surface area contributed by atoms with E-state index in [4.69, 9.17) is 4.74 Å². The smallest absolute Gasteiger partial charge is 0.224 e. The SMILES string of the molecule is COc1ccc(CCC(=O)Nc2cccc(-n3cccn3)c2)cc1. The van der Waals surface area contributed by atoms with E-state index in [1.807, 2.05) is 60.8 Å². The van der Waals surface area contributed by atoms with Crippen LogP contribution in [0.5, 0.6) is 5.75 Å². The van der Waals surface area contributed by atoms with Crippen molar-refractivity contribution in [3.8, 4) is 11.4 Å². The highest BCUT2D eigenvalue weighted by Gasteiger charge is 2.05. The standard InChI is InChI=1S/C19H19N3O2/c1-24-18-9-6-15(7-10-18)8-11-19(23)21-16-4-2-5-17(14-16)22-13-3-12-20-22/h2-7,9-10,12-14H,8,11H2,1H3,(H,21,23). The van der Waals surface area contributed by atoms with Gasteiger partial charge in [-0.1, -0.05) is 18.2 Å². The van der Waals surface area contributed by atoms with Crippen molar-refractivity contribution < 1.29 is 9.53 Å². The van der Waals surface area contributed by atoms with E-state index in [1.54, 1.807) is 18.0 Å². The number of methoxy groups -OCH3 is 1. The minimum atomic E-state index is -0.0107. The molecule has 0 aliphatic heterocycles. The van der Waals surface area contributed by atoms with Crippen LogP contribution in [0.1, 0.15) is 12.0 Å². The Labute approximate surface area is 140 Å². The lowest BCUT2D eigenvalue weighted by molar-refractivity contribution is -0.116. The Hall–Kier alpha value is -3.08. The molecule has 0 aliphatic rings. The molecule has 0 bridgehead atoms. The Kier molecular flexibility index (Phi) is 4.91.